The van der Waals surface area contributed by atoms with Gasteiger partial charge in [0.15, 0.2) is 0 Å². The molecule has 0 amide bonds. The first-order valence-corrected chi connectivity index (χ1v) is 3.79. The van der Waals surface area contributed by atoms with E-state index >= 15 is 0 Å². The fourth-order valence-electron chi connectivity index (χ4n) is 0.816. The van der Waals surface area contributed by atoms with Crippen LogP contribution < -0.4 is 5.73 Å². The van der Waals surface area contributed by atoms with Gasteiger partial charge in [0.05, 0.1) is 0 Å². The molecule has 2 N–H and O–H groups in total. The lowest BCUT2D eigenvalue weighted by Gasteiger charge is -2.16. The SMILES string of the molecule is CC(C)C[C@H](N)C(C)C. The zero-order chi connectivity index (χ0) is 7.44. The van der Waals surface area contributed by atoms with Gasteiger partial charge in [-0.25, -0.2) is 0 Å². The monoisotopic (exact) mass is 129 g/mol. The smallest absolute Gasteiger partial charge is 0.00643 e. The molecule has 0 aliphatic heterocycles. The van der Waals surface area contributed by atoms with Gasteiger partial charge < -0.3 is 5.73 Å². The zero-order valence-electron chi connectivity index (χ0n) is 7.02. The van der Waals surface area contributed by atoms with E-state index < -0.39 is 0 Å². The van der Waals surface area contributed by atoms with Crippen LogP contribution in [0.25, 0.3) is 0 Å². The summed E-state index contributed by atoms with van der Waals surface area (Å²) in [5.74, 6) is 1.37. The number of nitrogens with two attached hydrogens (primary N) is 1. The molecule has 0 aliphatic rings. The fraction of sp³-hybridized carbons (Fsp3) is 1.00. The van der Waals surface area contributed by atoms with Crippen LogP contribution in [-0.2, 0) is 0 Å². The van der Waals surface area contributed by atoms with Crippen molar-refractivity contribution >= 4 is 0 Å². The Kier molecular flexibility index (Phi) is 3.87. The van der Waals surface area contributed by atoms with Crippen LogP contribution in [0.2, 0.25) is 0 Å². The minimum Gasteiger partial charge on any atom is -0.327 e. The van der Waals surface area contributed by atoms with E-state index in [-0.39, 0.29) is 0 Å². The molecule has 1 heteroatoms. The van der Waals surface area contributed by atoms with Gasteiger partial charge in [-0.15, -0.1) is 0 Å². The number of hydrogen-bond acceptors (Lipinski definition) is 1. The lowest BCUT2D eigenvalue weighted by atomic mass is 9.96. The van der Waals surface area contributed by atoms with Gasteiger partial charge in [-0.3, -0.25) is 0 Å². The molecule has 1 nitrogen and oxygen atoms in total. The molecule has 1 atom stereocenters. The van der Waals surface area contributed by atoms with Gasteiger partial charge >= 0.3 is 0 Å². The molecule has 0 saturated carbocycles. The number of hydrogen-bond donors (Lipinski definition) is 1. The minimum absolute atomic E-state index is 0.394. The van der Waals surface area contributed by atoms with E-state index in [9.17, 15) is 0 Å². The van der Waals surface area contributed by atoms with E-state index in [1.165, 1.54) is 0 Å². The summed E-state index contributed by atoms with van der Waals surface area (Å²) >= 11 is 0. The van der Waals surface area contributed by atoms with Crippen molar-refractivity contribution in [1.29, 1.82) is 0 Å². The Labute approximate surface area is 58.6 Å². The van der Waals surface area contributed by atoms with Crippen LogP contribution in [0.3, 0.4) is 0 Å². The molecule has 9 heavy (non-hydrogen) atoms. The molecule has 0 rings (SSSR count). The lowest BCUT2D eigenvalue weighted by Crippen LogP contribution is -2.27. The van der Waals surface area contributed by atoms with Crippen molar-refractivity contribution in [2.45, 2.75) is 40.2 Å². The third-order valence-corrected chi connectivity index (χ3v) is 1.60. The second-order valence-corrected chi connectivity index (χ2v) is 3.54. The molecule has 0 aromatic heterocycles. The van der Waals surface area contributed by atoms with Crippen molar-refractivity contribution < 1.29 is 0 Å². The molecule has 0 unspecified atom stereocenters. The molecular weight excluding hydrogens is 110 g/mol. The molecular formula is C8H19N. The molecule has 56 valence electrons. The second-order valence-electron chi connectivity index (χ2n) is 3.54. The molecule has 0 fully saturated rings. The van der Waals surface area contributed by atoms with E-state index in [1.54, 1.807) is 0 Å². The van der Waals surface area contributed by atoms with Gasteiger partial charge in [-0.1, -0.05) is 27.7 Å². The highest BCUT2D eigenvalue weighted by Crippen LogP contribution is 2.09. The Bertz CT molecular complexity index is 67.0. The van der Waals surface area contributed by atoms with Gasteiger partial charge in [0, 0.05) is 6.04 Å². The topological polar surface area (TPSA) is 26.0 Å². The molecule has 0 saturated heterocycles. The highest BCUT2D eigenvalue weighted by atomic mass is 14.6. The first-order chi connectivity index (χ1) is 4.04. The lowest BCUT2D eigenvalue weighted by molar-refractivity contribution is 0.406. The van der Waals surface area contributed by atoms with Crippen LogP contribution in [0.1, 0.15) is 34.1 Å². The molecule has 0 aromatic rings. The Hall–Kier alpha value is -0.0400. The van der Waals surface area contributed by atoms with Crippen molar-refractivity contribution in [2.24, 2.45) is 17.6 Å². The predicted molar refractivity (Wildman–Crippen MR) is 42.3 cm³/mol. The van der Waals surface area contributed by atoms with Crippen LogP contribution in [0.15, 0.2) is 0 Å². The maximum atomic E-state index is 5.82. The largest absolute Gasteiger partial charge is 0.327 e. The average Bonchev–Trinajstić information content (AvgIpc) is 1.63. The first-order valence-electron chi connectivity index (χ1n) is 3.79. The quantitative estimate of drug-likeness (QED) is 0.620. The summed E-state index contributed by atoms with van der Waals surface area (Å²) in [5.41, 5.74) is 5.82. The van der Waals surface area contributed by atoms with Crippen molar-refractivity contribution in [2.75, 3.05) is 0 Å². The van der Waals surface area contributed by atoms with Crippen molar-refractivity contribution in [3.05, 3.63) is 0 Å². The van der Waals surface area contributed by atoms with Gasteiger partial charge in [0.25, 0.3) is 0 Å². The summed E-state index contributed by atoms with van der Waals surface area (Å²) in [6.07, 6.45) is 1.15. The Morgan fingerprint density at radius 3 is 1.67 bits per heavy atom. The van der Waals surface area contributed by atoms with Crippen LogP contribution in [0.4, 0.5) is 0 Å². The Morgan fingerprint density at radius 2 is 1.56 bits per heavy atom. The van der Waals surface area contributed by atoms with E-state index in [0.29, 0.717) is 12.0 Å². The van der Waals surface area contributed by atoms with Gasteiger partial charge in [0.2, 0.25) is 0 Å². The first kappa shape index (κ1) is 8.96. The van der Waals surface area contributed by atoms with Crippen LogP contribution in [0, 0.1) is 11.8 Å². The van der Waals surface area contributed by atoms with Crippen molar-refractivity contribution in [1.82, 2.24) is 0 Å². The maximum absolute atomic E-state index is 5.82. The highest BCUT2D eigenvalue weighted by Gasteiger charge is 2.08. The molecule has 0 radical (unpaired) electrons. The Balaban J connectivity index is 3.38. The molecule has 0 aromatic carbocycles. The van der Waals surface area contributed by atoms with Crippen molar-refractivity contribution in [3.63, 3.8) is 0 Å². The van der Waals surface area contributed by atoms with Gasteiger partial charge in [0.1, 0.15) is 0 Å². The average molecular weight is 129 g/mol. The van der Waals surface area contributed by atoms with Gasteiger partial charge in [-0.2, -0.15) is 0 Å². The molecule has 0 aliphatic carbocycles. The summed E-state index contributed by atoms with van der Waals surface area (Å²) < 4.78 is 0. The van der Waals surface area contributed by atoms with Crippen molar-refractivity contribution in [3.8, 4) is 0 Å². The predicted octanol–water partition coefficient (Wildman–Crippen LogP) is 2.02. The summed E-state index contributed by atoms with van der Waals surface area (Å²) in [5, 5.41) is 0. The van der Waals surface area contributed by atoms with E-state index in [4.69, 9.17) is 5.73 Å². The maximum Gasteiger partial charge on any atom is 0.00643 e. The third kappa shape index (κ3) is 4.46. The van der Waals surface area contributed by atoms with E-state index in [2.05, 4.69) is 27.7 Å². The summed E-state index contributed by atoms with van der Waals surface area (Å²) in [6.45, 7) is 8.77. The normalized spacial score (nSPS) is 15.0. The van der Waals surface area contributed by atoms with Gasteiger partial charge in [-0.05, 0) is 18.3 Å². The van der Waals surface area contributed by atoms with Crippen LogP contribution in [-0.4, -0.2) is 6.04 Å². The molecule has 0 spiro atoms. The number of rotatable bonds is 3. The summed E-state index contributed by atoms with van der Waals surface area (Å²) in [6, 6.07) is 0.394. The van der Waals surface area contributed by atoms with Crippen LogP contribution >= 0.6 is 0 Å². The van der Waals surface area contributed by atoms with E-state index in [0.717, 1.165) is 12.3 Å². The summed E-state index contributed by atoms with van der Waals surface area (Å²) in [4.78, 5) is 0. The molecule has 0 heterocycles. The third-order valence-electron chi connectivity index (χ3n) is 1.60. The van der Waals surface area contributed by atoms with E-state index in [1.807, 2.05) is 0 Å². The fourth-order valence-corrected chi connectivity index (χ4v) is 0.816. The molecule has 0 bridgehead atoms. The standard InChI is InChI=1S/C8H19N/c1-6(2)5-8(9)7(3)4/h6-8H,5,9H2,1-4H3/t8-/m0/s1. The minimum atomic E-state index is 0.394. The summed E-state index contributed by atoms with van der Waals surface area (Å²) in [7, 11) is 0. The second kappa shape index (κ2) is 3.89. The van der Waals surface area contributed by atoms with Crippen LogP contribution in [0.5, 0.6) is 0 Å². The Morgan fingerprint density at radius 1 is 1.11 bits per heavy atom. The zero-order valence-corrected chi connectivity index (χ0v) is 7.02. The highest BCUT2D eigenvalue weighted by molar-refractivity contribution is 4.66.